The lowest BCUT2D eigenvalue weighted by atomic mass is 10.1. The fraction of sp³-hybridized carbons (Fsp3) is 0.467. The van der Waals surface area contributed by atoms with E-state index in [-0.39, 0.29) is 6.04 Å². The maximum atomic E-state index is 5.87. The number of nitrogens with two attached hydrogens (primary N) is 1. The van der Waals surface area contributed by atoms with Crippen molar-refractivity contribution in [3.8, 4) is 11.5 Å². The summed E-state index contributed by atoms with van der Waals surface area (Å²) in [6, 6.07) is 4.17. The van der Waals surface area contributed by atoms with Crippen molar-refractivity contribution in [3.05, 3.63) is 34.8 Å². The Hall–Kier alpha value is -1.04. The number of benzene rings is 1. The van der Waals surface area contributed by atoms with Crippen molar-refractivity contribution in [1.82, 2.24) is 5.32 Å². The Morgan fingerprint density at radius 2 is 2.20 bits per heavy atom. The molecule has 4 nitrogen and oxygen atoms in total. The van der Waals surface area contributed by atoms with Crippen molar-refractivity contribution < 1.29 is 9.47 Å². The van der Waals surface area contributed by atoms with Gasteiger partial charge in [0.1, 0.15) is 0 Å². The van der Waals surface area contributed by atoms with E-state index >= 15 is 0 Å². The predicted molar refractivity (Wildman–Crippen MR) is 84.4 cm³/mol. The zero-order chi connectivity index (χ0) is 14.4. The largest absolute Gasteiger partial charge is 0.490 e. The molecule has 0 fully saturated rings. The minimum absolute atomic E-state index is 0.100. The van der Waals surface area contributed by atoms with E-state index in [1.165, 1.54) is 0 Å². The first kappa shape index (κ1) is 15.4. The van der Waals surface area contributed by atoms with Crippen molar-refractivity contribution in [2.45, 2.75) is 18.9 Å². The van der Waals surface area contributed by atoms with Crippen LogP contribution in [0.3, 0.4) is 0 Å². The van der Waals surface area contributed by atoms with Gasteiger partial charge in [-0.15, -0.1) is 6.58 Å². The van der Waals surface area contributed by atoms with Crippen molar-refractivity contribution >= 4 is 15.9 Å². The molecule has 0 amide bonds. The highest BCUT2D eigenvalue weighted by molar-refractivity contribution is 9.10. The number of hydrogen-bond donors (Lipinski definition) is 2. The van der Waals surface area contributed by atoms with Gasteiger partial charge in [0.25, 0.3) is 0 Å². The number of rotatable bonds is 6. The standard InChI is InChI=1S/C15H21BrN2O2/c1-2-3-5-18-13(10-17)11-8-12(16)15-14(9-11)19-6-4-7-20-15/h2,8-9,13,18H,1,3-7,10,17H2. The van der Waals surface area contributed by atoms with Crippen LogP contribution in [0.5, 0.6) is 11.5 Å². The lowest BCUT2D eigenvalue weighted by Gasteiger charge is -2.19. The second kappa shape index (κ2) is 7.67. The van der Waals surface area contributed by atoms with Gasteiger partial charge in [-0.25, -0.2) is 0 Å². The predicted octanol–water partition coefficient (Wildman–Crippen LogP) is 2.78. The number of nitrogens with one attached hydrogen (secondary N) is 1. The molecule has 20 heavy (non-hydrogen) atoms. The molecule has 1 aromatic carbocycles. The van der Waals surface area contributed by atoms with Crippen LogP contribution in [-0.2, 0) is 0 Å². The molecule has 5 heteroatoms. The minimum atomic E-state index is 0.100. The molecule has 1 atom stereocenters. The summed E-state index contributed by atoms with van der Waals surface area (Å²) in [5.74, 6) is 1.57. The van der Waals surface area contributed by atoms with E-state index in [1.807, 2.05) is 18.2 Å². The van der Waals surface area contributed by atoms with Crippen molar-refractivity contribution in [3.63, 3.8) is 0 Å². The van der Waals surface area contributed by atoms with E-state index < -0.39 is 0 Å². The molecule has 3 N–H and O–H groups in total. The normalized spacial score (nSPS) is 15.5. The fourth-order valence-corrected chi connectivity index (χ4v) is 2.72. The summed E-state index contributed by atoms with van der Waals surface area (Å²) < 4.78 is 12.4. The van der Waals surface area contributed by atoms with Gasteiger partial charge >= 0.3 is 0 Å². The van der Waals surface area contributed by atoms with Crippen LogP contribution in [-0.4, -0.2) is 26.3 Å². The topological polar surface area (TPSA) is 56.5 Å². The Labute approximate surface area is 128 Å². The van der Waals surface area contributed by atoms with Crippen LogP contribution in [0.1, 0.15) is 24.4 Å². The third kappa shape index (κ3) is 3.75. The second-order valence-electron chi connectivity index (χ2n) is 4.70. The molecule has 0 spiro atoms. The van der Waals surface area contributed by atoms with E-state index in [9.17, 15) is 0 Å². The third-order valence-electron chi connectivity index (χ3n) is 3.20. The number of hydrogen-bond acceptors (Lipinski definition) is 4. The highest BCUT2D eigenvalue weighted by atomic mass is 79.9. The maximum absolute atomic E-state index is 5.87. The second-order valence-corrected chi connectivity index (χ2v) is 5.55. The van der Waals surface area contributed by atoms with Crippen molar-refractivity contribution in [2.24, 2.45) is 5.73 Å². The van der Waals surface area contributed by atoms with Gasteiger partial charge in [-0.3, -0.25) is 0 Å². The summed E-state index contributed by atoms with van der Waals surface area (Å²) in [4.78, 5) is 0. The van der Waals surface area contributed by atoms with Crippen LogP contribution >= 0.6 is 15.9 Å². The van der Waals surface area contributed by atoms with E-state index in [1.54, 1.807) is 0 Å². The SMILES string of the molecule is C=CCCNC(CN)c1cc(Br)c2c(c1)OCCCO2. The molecule has 1 unspecified atom stereocenters. The smallest absolute Gasteiger partial charge is 0.175 e. The Kier molecular flexibility index (Phi) is 5.88. The molecule has 0 aromatic heterocycles. The van der Waals surface area contributed by atoms with E-state index in [2.05, 4.69) is 27.8 Å². The lowest BCUT2D eigenvalue weighted by Crippen LogP contribution is -2.28. The van der Waals surface area contributed by atoms with Crippen LogP contribution in [0.2, 0.25) is 0 Å². The molecule has 1 aliphatic rings. The molecule has 1 heterocycles. The molecule has 0 radical (unpaired) electrons. The van der Waals surface area contributed by atoms with Gasteiger partial charge in [-0.05, 0) is 46.6 Å². The number of fused-ring (bicyclic) bond motifs is 1. The Morgan fingerprint density at radius 3 is 2.95 bits per heavy atom. The molecule has 0 bridgehead atoms. The average Bonchev–Trinajstić information content (AvgIpc) is 2.69. The molecular weight excluding hydrogens is 320 g/mol. The zero-order valence-electron chi connectivity index (χ0n) is 11.5. The van der Waals surface area contributed by atoms with E-state index in [4.69, 9.17) is 15.2 Å². The summed E-state index contributed by atoms with van der Waals surface area (Å²) >= 11 is 3.56. The molecular formula is C15H21BrN2O2. The van der Waals surface area contributed by atoms with E-state index in [0.717, 1.165) is 40.9 Å². The van der Waals surface area contributed by atoms with Gasteiger partial charge in [-0.1, -0.05) is 6.08 Å². The summed E-state index contributed by atoms with van der Waals surface area (Å²) in [5, 5.41) is 3.42. The number of halogens is 1. The summed E-state index contributed by atoms with van der Waals surface area (Å²) in [6.45, 7) is 6.48. The van der Waals surface area contributed by atoms with Crippen LogP contribution < -0.4 is 20.5 Å². The monoisotopic (exact) mass is 340 g/mol. The maximum Gasteiger partial charge on any atom is 0.175 e. The Balaban J connectivity index is 2.20. The third-order valence-corrected chi connectivity index (χ3v) is 3.79. The number of ether oxygens (including phenoxy) is 2. The van der Waals surface area contributed by atoms with Crippen molar-refractivity contribution in [2.75, 3.05) is 26.3 Å². The van der Waals surface area contributed by atoms with Crippen molar-refractivity contribution in [1.29, 1.82) is 0 Å². The van der Waals surface area contributed by atoms with Gasteiger partial charge in [0, 0.05) is 19.0 Å². The van der Waals surface area contributed by atoms with Gasteiger partial charge in [0.15, 0.2) is 11.5 Å². The first-order chi connectivity index (χ1) is 9.76. The highest BCUT2D eigenvalue weighted by Gasteiger charge is 2.18. The van der Waals surface area contributed by atoms with Crippen LogP contribution in [0.4, 0.5) is 0 Å². The first-order valence-corrected chi connectivity index (χ1v) is 7.69. The molecule has 1 aromatic rings. The average molecular weight is 341 g/mol. The highest BCUT2D eigenvalue weighted by Crippen LogP contribution is 2.39. The van der Waals surface area contributed by atoms with Gasteiger partial charge < -0.3 is 20.5 Å². The fourth-order valence-electron chi connectivity index (χ4n) is 2.15. The Morgan fingerprint density at radius 1 is 1.40 bits per heavy atom. The minimum Gasteiger partial charge on any atom is -0.490 e. The lowest BCUT2D eigenvalue weighted by molar-refractivity contribution is 0.296. The van der Waals surface area contributed by atoms with Crippen LogP contribution in [0.25, 0.3) is 0 Å². The molecule has 0 aliphatic carbocycles. The van der Waals surface area contributed by atoms with Gasteiger partial charge in [0.05, 0.1) is 17.7 Å². The van der Waals surface area contributed by atoms with Crippen LogP contribution in [0, 0.1) is 0 Å². The molecule has 0 saturated heterocycles. The quantitative estimate of drug-likeness (QED) is 0.617. The Bertz CT molecular complexity index is 465. The molecule has 2 rings (SSSR count). The van der Waals surface area contributed by atoms with Gasteiger partial charge in [0.2, 0.25) is 0 Å². The first-order valence-electron chi connectivity index (χ1n) is 6.89. The van der Waals surface area contributed by atoms with E-state index in [0.29, 0.717) is 19.8 Å². The summed E-state index contributed by atoms with van der Waals surface area (Å²) in [7, 11) is 0. The summed E-state index contributed by atoms with van der Waals surface area (Å²) in [6.07, 6.45) is 3.71. The summed E-state index contributed by atoms with van der Waals surface area (Å²) in [5.41, 5.74) is 6.97. The molecule has 0 saturated carbocycles. The zero-order valence-corrected chi connectivity index (χ0v) is 13.1. The van der Waals surface area contributed by atoms with Crippen LogP contribution in [0.15, 0.2) is 29.3 Å². The molecule has 1 aliphatic heterocycles. The van der Waals surface area contributed by atoms with Gasteiger partial charge in [-0.2, -0.15) is 0 Å². The molecule has 110 valence electrons.